The molecule has 1 amide bonds. The van der Waals surface area contributed by atoms with Gasteiger partial charge in [-0.3, -0.25) is 4.79 Å². The van der Waals surface area contributed by atoms with E-state index in [1.807, 2.05) is 85.1 Å². The van der Waals surface area contributed by atoms with Crippen LogP contribution >= 0.6 is 0 Å². The predicted molar refractivity (Wildman–Crippen MR) is 134 cm³/mol. The van der Waals surface area contributed by atoms with Crippen molar-refractivity contribution in [2.24, 2.45) is 0 Å². The molecule has 1 heterocycles. The van der Waals surface area contributed by atoms with E-state index in [9.17, 15) is 23.2 Å². The van der Waals surface area contributed by atoms with Crippen molar-refractivity contribution in [3.05, 3.63) is 113 Å². The molecule has 180 valence electrons. The van der Waals surface area contributed by atoms with E-state index >= 15 is 0 Å². The molecule has 0 spiro atoms. The van der Waals surface area contributed by atoms with Gasteiger partial charge in [0.25, 0.3) is 5.91 Å². The highest BCUT2D eigenvalue weighted by atomic mass is 19.4. The van der Waals surface area contributed by atoms with Crippen LogP contribution in [-0.2, 0) is 11.0 Å². The molecule has 0 saturated heterocycles. The lowest BCUT2D eigenvalue weighted by Crippen LogP contribution is -2.14. The van der Waals surface area contributed by atoms with Gasteiger partial charge in [0.1, 0.15) is 11.6 Å². The molecule has 0 radical (unpaired) electrons. The molecule has 0 unspecified atom stereocenters. The second-order valence-corrected chi connectivity index (χ2v) is 8.28. The minimum absolute atomic E-state index is 0.0417. The standard InChI is InChI=1S/C29H22F3N3O/c1-19-15-23(16-24(18-33)28(36)34-26-10-6-9-25(17-26)29(30,31)32)20(2)35(19)27-13-11-22(12-14-27)21-7-4-3-5-8-21/h3-17H,1-2H3,(H,34,36)/b24-16+. The van der Waals surface area contributed by atoms with E-state index in [2.05, 4.69) is 5.32 Å². The maximum absolute atomic E-state index is 13.0. The third-order valence-corrected chi connectivity index (χ3v) is 5.82. The largest absolute Gasteiger partial charge is 0.416 e. The fourth-order valence-electron chi connectivity index (χ4n) is 4.04. The molecule has 0 fully saturated rings. The van der Waals surface area contributed by atoms with Gasteiger partial charge in [-0.1, -0.05) is 48.5 Å². The number of anilines is 1. The lowest BCUT2D eigenvalue weighted by molar-refractivity contribution is -0.137. The molecular formula is C29H22F3N3O. The summed E-state index contributed by atoms with van der Waals surface area (Å²) in [5, 5.41) is 12.0. The summed E-state index contributed by atoms with van der Waals surface area (Å²) in [7, 11) is 0. The van der Waals surface area contributed by atoms with Gasteiger partial charge in [-0.15, -0.1) is 0 Å². The van der Waals surface area contributed by atoms with Crippen molar-refractivity contribution in [3.63, 3.8) is 0 Å². The zero-order chi connectivity index (χ0) is 25.9. The van der Waals surface area contributed by atoms with E-state index in [1.165, 1.54) is 18.2 Å². The van der Waals surface area contributed by atoms with Crippen LogP contribution in [0.5, 0.6) is 0 Å². The summed E-state index contributed by atoms with van der Waals surface area (Å²) in [5.41, 5.74) is 4.36. The van der Waals surface area contributed by atoms with Crippen molar-refractivity contribution in [1.82, 2.24) is 4.57 Å². The van der Waals surface area contributed by atoms with E-state index in [-0.39, 0.29) is 11.3 Å². The van der Waals surface area contributed by atoms with Crippen LogP contribution in [0.4, 0.5) is 18.9 Å². The number of hydrogen-bond acceptors (Lipinski definition) is 2. The molecule has 7 heteroatoms. The van der Waals surface area contributed by atoms with Gasteiger partial charge in [0.2, 0.25) is 0 Å². The Labute approximate surface area is 206 Å². The summed E-state index contributed by atoms with van der Waals surface area (Å²) in [6.45, 7) is 3.80. The molecule has 0 aliphatic heterocycles. The molecule has 36 heavy (non-hydrogen) atoms. The van der Waals surface area contributed by atoms with Crippen molar-refractivity contribution < 1.29 is 18.0 Å². The quantitative estimate of drug-likeness (QED) is 0.238. The fourth-order valence-corrected chi connectivity index (χ4v) is 4.04. The van der Waals surface area contributed by atoms with E-state index in [0.29, 0.717) is 5.56 Å². The maximum atomic E-state index is 13.0. The first-order chi connectivity index (χ1) is 17.2. The number of aromatic nitrogens is 1. The Kier molecular flexibility index (Phi) is 6.80. The monoisotopic (exact) mass is 485 g/mol. The fraction of sp³-hybridized carbons (Fsp3) is 0.103. The summed E-state index contributed by atoms with van der Waals surface area (Å²) < 4.78 is 40.9. The van der Waals surface area contributed by atoms with Crippen molar-refractivity contribution in [3.8, 4) is 22.9 Å². The smallest absolute Gasteiger partial charge is 0.321 e. The average Bonchev–Trinajstić information content (AvgIpc) is 3.15. The van der Waals surface area contributed by atoms with Gasteiger partial charge in [-0.2, -0.15) is 18.4 Å². The van der Waals surface area contributed by atoms with Crippen LogP contribution in [0, 0.1) is 25.2 Å². The Morgan fingerprint density at radius 1 is 0.917 bits per heavy atom. The molecule has 0 bridgehead atoms. The zero-order valence-corrected chi connectivity index (χ0v) is 19.6. The summed E-state index contributed by atoms with van der Waals surface area (Å²) in [6.07, 6.45) is -3.09. The first-order valence-corrected chi connectivity index (χ1v) is 11.1. The van der Waals surface area contributed by atoms with Crippen LogP contribution in [0.2, 0.25) is 0 Å². The number of nitriles is 1. The number of nitrogens with zero attached hydrogens (tertiary/aromatic N) is 2. The SMILES string of the molecule is Cc1cc(/C=C(\C#N)C(=O)Nc2cccc(C(F)(F)F)c2)c(C)n1-c1ccc(-c2ccccc2)cc1. The minimum atomic E-state index is -4.54. The van der Waals surface area contributed by atoms with Gasteiger partial charge in [-0.25, -0.2) is 0 Å². The second kappa shape index (κ2) is 9.96. The molecule has 0 saturated carbocycles. The predicted octanol–water partition coefficient (Wildman–Crippen LogP) is 7.33. The lowest BCUT2D eigenvalue weighted by atomic mass is 10.1. The normalized spacial score (nSPS) is 11.7. The molecule has 4 aromatic rings. The third kappa shape index (κ3) is 5.23. The molecule has 3 aromatic carbocycles. The summed E-state index contributed by atoms with van der Waals surface area (Å²) in [4.78, 5) is 12.7. The van der Waals surface area contributed by atoms with E-state index < -0.39 is 17.6 Å². The zero-order valence-electron chi connectivity index (χ0n) is 19.6. The number of amides is 1. The lowest BCUT2D eigenvalue weighted by Gasteiger charge is -2.11. The Morgan fingerprint density at radius 3 is 2.22 bits per heavy atom. The number of alkyl halides is 3. The molecule has 1 aromatic heterocycles. The Balaban J connectivity index is 1.60. The highest BCUT2D eigenvalue weighted by Crippen LogP contribution is 2.31. The second-order valence-electron chi connectivity index (χ2n) is 8.28. The number of nitrogens with one attached hydrogen (secondary N) is 1. The van der Waals surface area contributed by atoms with Crippen molar-refractivity contribution in [2.75, 3.05) is 5.32 Å². The van der Waals surface area contributed by atoms with Crippen molar-refractivity contribution in [1.29, 1.82) is 5.26 Å². The molecule has 0 atom stereocenters. The van der Waals surface area contributed by atoms with Gasteiger partial charge < -0.3 is 9.88 Å². The van der Waals surface area contributed by atoms with Gasteiger partial charge in [0, 0.05) is 22.8 Å². The van der Waals surface area contributed by atoms with E-state index in [4.69, 9.17) is 0 Å². The highest BCUT2D eigenvalue weighted by Gasteiger charge is 2.30. The number of benzene rings is 3. The van der Waals surface area contributed by atoms with Crippen LogP contribution in [0.15, 0.2) is 90.5 Å². The number of rotatable bonds is 5. The van der Waals surface area contributed by atoms with Crippen molar-refractivity contribution in [2.45, 2.75) is 20.0 Å². The first-order valence-electron chi connectivity index (χ1n) is 11.1. The van der Waals surface area contributed by atoms with E-state index in [1.54, 1.807) is 0 Å². The van der Waals surface area contributed by atoms with Crippen LogP contribution < -0.4 is 5.32 Å². The Morgan fingerprint density at radius 2 is 1.58 bits per heavy atom. The Bertz CT molecular complexity index is 1480. The average molecular weight is 486 g/mol. The molecule has 0 aliphatic carbocycles. The van der Waals surface area contributed by atoms with Crippen LogP contribution in [0.25, 0.3) is 22.9 Å². The summed E-state index contributed by atoms with van der Waals surface area (Å²) >= 11 is 0. The number of hydrogen-bond donors (Lipinski definition) is 1. The third-order valence-electron chi connectivity index (χ3n) is 5.82. The van der Waals surface area contributed by atoms with Gasteiger partial charge in [0.05, 0.1) is 5.56 Å². The summed E-state index contributed by atoms with van der Waals surface area (Å²) in [5.74, 6) is -0.783. The van der Waals surface area contributed by atoms with Gasteiger partial charge >= 0.3 is 6.18 Å². The topological polar surface area (TPSA) is 57.8 Å². The molecule has 4 nitrogen and oxygen atoms in total. The minimum Gasteiger partial charge on any atom is -0.321 e. The van der Waals surface area contributed by atoms with Gasteiger partial charge in [0.15, 0.2) is 0 Å². The van der Waals surface area contributed by atoms with E-state index in [0.717, 1.165) is 40.3 Å². The molecule has 1 N–H and O–H groups in total. The van der Waals surface area contributed by atoms with Crippen LogP contribution in [-0.4, -0.2) is 10.5 Å². The maximum Gasteiger partial charge on any atom is 0.416 e. The Hall–Kier alpha value is -4.57. The molecular weight excluding hydrogens is 463 g/mol. The van der Waals surface area contributed by atoms with Gasteiger partial charge in [-0.05, 0) is 73.0 Å². The number of carbonyl (C=O) groups excluding carboxylic acids is 1. The van der Waals surface area contributed by atoms with Crippen LogP contribution in [0.3, 0.4) is 0 Å². The number of halogens is 3. The van der Waals surface area contributed by atoms with Crippen molar-refractivity contribution >= 4 is 17.7 Å². The number of aryl methyl sites for hydroxylation is 1. The number of carbonyl (C=O) groups is 1. The van der Waals surface area contributed by atoms with Crippen LogP contribution in [0.1, 0.15) is 22.5 Å². The molecule has 0 aliphatic rings. The summed E-state index contributed by atoms with van der Waals surface area (Å²) in [6, 6.07) is 26.1. The highest BCUT2D eigenvalue weighted by molar-refractivity contribution is 6.09. The first kappa shape index (κ1) is 24.6. The molecule has 4 rings (SSSR count).